The van der Waals surface area contributed by atoms with E-state index in [0.29, 0.717) is 5.75 Å². The molecule has 0 aliphatic carbocycles. The Balaban J connectivity index is 3.02. The number of nitrogens with zero attached hydrogens (tertiary/aromatic N) is 1. The first-order valence-electron chi connectivity index (χ1n) is 4.18. The van der Waals surface area contributed by atoms with E-state index < -0.39 is 11.5 Å². The molecule has 0 fully saturated rings. The Bertz CT molecular complexity index is 344. The monoisotopic (exact) mass is 197 g/mol. The van der Waals surface area contributed by atoms with Crippen molar-refractivity contribution < 1.29 is 13.9 Å². The number of halogens is 1. The molecule has 0 N–H and O–H groups in total. The van der Waals surface area contributed by atoms with Gasteiger partial charge in [-0.2, -0.15) is 0 Å². The number of alkyl halides is 1. The number of rotatable bonds is 3. The molecule has 0 unspecified atom stereocenters. The van der Waals surface area contributed by atoms with Gasteiger partial charge >= 0.3 is 0 Å². The molecule has 76 valence electrons. The fourth-order valence-corrected chi connectivity index (χ4v) is 0.998. The lowest BCUT2D eigenvalue weighted by Crippen LogP contribution is -2.26. The summed E-state index contributed by atoms with van der Waals surface area (Å²) in [7, 11) is 1.46. The number of aromatic nitrogens is 1. The molecule has 1 heterocycles. The maximum atomic E-state index is 13.3. The van der Waals surface area contributed by atoms with Gasteiger partial charge < -0.3 is 4.74 Å². The fraction of sp³-hybridized carbons (Fsp3) is 0.400. The average Bonchev–Trinajstić information content (AvgIpc) is 2.15. The number of methoxy groups -OCH3 is 1. The number of ketones is 1. The summed E-state index contributed by atoms with van der Waals surface area (Å²) in [5.41, 5.74) is -1.66. The highest BCUT2D eigenvalue weighted by molar-refractivity contribution is 6.01. The predicted octanol–water partition coefficient (Wildman–Crippen LogP) is 2.02. The largest absolute Gasteiger partial charge is 0.495 e. The first kappa shape index (κ1) is 10.6. The summed E-state index contributed by atoms with van der Waals surface area (Å²) in [6, 6.07) is 1.47. The van der Waals surface area contributed by atoms with Crippen molar-refractivity contribution in [3.8, 4) is 5.75 Å². The van der Waals surface area contributed by atoms with Gasteiger partial charge in [0.05, 0.1) is 13.3 Å². The Morgan fingerprint density at radius 1 is 1.50 bits per heavy atom. The van der Waals surface area contributed by atoms with Crippen LogP contribution in [0.25, 0.3) is 0 Å². The van der Waals surface area contributed by atoms with Crippen LogP contribution in [-0.4, -0.2) is 23.5 Å². The SMILES string of the molecule is COc1cncc(C(=O)C(C)(C)F)c1. The van der Waals surface area contributed by atoms with E-state index in [1.807, 2.05) is 0 Å². The third-order valence-corrected chi connectivity index (χ3v) is 1.75. The summed E-state index contributed by atoms with van der Waals surface area (Å²) in [5.74, 6) is -0.149. The van der Waals surface area contributed by atoms with Gasteiger partial charge in [0.1, 0.15) is 5.75 Å². The van der Waals surface area contributed by atoms with Crippen LogP contribution in [0, 0.1) is 0 Å². The Labute approximate surface area is 81.9 Å². The summed E-state index contributed by atoms with van der Waals surface area (Å²) in [6.07, 6.45) is 2.79. The summed E-state index contributed by atoms with van der Waals surface area (Å²) in [5, 5.41) is 0. The number of hydrogen-bond acceptors (Lipinski definition) is 3. The van der Waals surface area contributed by atoms with Gasteiger partial charge in [-0.25, -0.2) is 4.39 Å². The van der Waals surface area contributed by atoms with Crippen LogP contribution in [0.2, 0.25) is 0 Å². The molecule has 3 nitrogen and oxygen atoms in total. The third kappa shape index (κ3) is 2.28. The zero-order chi connectivity index (χ0) is 10.8. The standard InChI is InChI=1S/C10H12FNO2/c1-10(2,11)9(13)7-4-8(14-3)6-12-5-7/h4-6H,1-3H3. The molecule has 0 aliphatic rings. The Morgan fingerprint density at radius 3 is 2.64 bits per heavy atom. The molecule has 14 heavy (non-hydrogen) atoms. The Kier molecular flexibility index (Phi) is 2.84. The van der Waals surface area contributed by atoms with Crippen LogP contribution >= 0.6 is 0 Å². The van der Waals surface area contributed by atoms with Crippen molar-refractivity contribution in [1.29, 1.82) is 0 Å². The van der Waals surface area contributed by atoms with Crippen LogP contribution in [0.15, 0.2) is 18.5 Å². The molecule has 0 amide bonds. The van der Waals surface area contributed by atoms with Crippen molar-refractivity contribution in [2.45, 2.75) is 19.5 Å². The fourth-order valence-electron chi connectivity index (χ4n) is 0.998. The van der Waals surface area contributed by atoms with Gasteiger partial charge in [-0.15, -0.1) is 0 Å². The number of Topliss-reactive ketones (excluding diaryl/α,β-unsaturated/α-hetero) is 1. The van der Waals surface area contributed by atoms with Crippen LogP contribution in [0.4, 0.5) is 4.39 Å². The first-order chi connectivity index (χ1) is 6.45. The predicted molar refractivity (Wildman–Crippen MR) is 50.3 cm³/mol. The molecule has 0 radical (unpaired) electrons. The second-order valence-electron chi connectivity index (χ2n) is 3.42. The second kappa shape index (κ2) is 3.74. The molecular weight excluding hydrogens is 185 g/mol. The van der Waals surface area contributed by atoms with Crippen LogP contribution in [-0.2, 0) is 0 Å². The summed E-state index contributed by atoms with van der Waals surface area (Å²) in [4.78, 5) is 15.2. The molecule has 0 saturated carbocycles. The highest BCUT2D eigenvalue weighted by Crippen LogP contribution is 2.19. The lowest BCUT2D eigenvalue weighted by Gasteiger charge is -2.12. The maximum absolute atomic E-state index is 13.3. The first-order valence-corrected chi connectivity index (χ1v) is 4.18. The average molecular weight is 197 g/mol. The molecule has 0 saturated heterocycles. The van der Waals surface area contributed by atoms with Crippen molar-refractivity contribution in [2.75, 3.05) is 7.11 Å². The quantitative estimate of drug-likeness (QED) is 0.696. The molecule has 0 aromatic carbocycles. The Hall–Kier alpha value is -1.45. The number of ether oxygens (including phenoxy) is 1. The molecule has 1 aromatic heterocycles. The van der Waals surface area contributed by atoms with Crippen molar-refractivity contribution in [1.82, 2.24) is 4.98 Å². The van der Waals surface area contributed by atoms with Crippen molar-refractivity contribution in [3.05, 3.63) is 24.0 Å². The van der Waals surface area contributed by atoms with E-state index in [0.717, 1.165) is 0 Å². The number of hydrogen-bond donors (Lipinski definition) is 0. The smallest absolute Gasteiger partial charge is 0.201 e. The van der Waals surface area contributed by atoms with Crippen LogP contribution in [0.3, 0.4) is 0 Å². The van der Waals surface area contributed by atoms with E-state index >= 15 is 0 Å². The minimum atomic E-state index is -1.88. The highest BCUT2D eigenvalue weighted by atomic mass is 19.1. The molecule has 0 spiro atoms. The van der Waals surface area contributed by atoms with Crippen LogP contribution < -0.4 is 4.74 Å². The molecular formula is C10H12FNO2. The third-order valence-electron chi connectivity index (χ3n) is 1.75. The van der Waals surface area contributed by atoms with E-state index in [-0.39, 0.29) is 5.56 Å². The van der Waals surface area contributed by atoms with Crippen LogP contribution in [0.1, 0.15) is 24.2 Å². The second-order valence-corrected chi connectivity index (χ2v) is 3.42. The van der Waals surface area contributed by atoms with E-state index in [9.17, 15) is 9.18 Å². The number of carbonyl (C=O) groups excluding carboxylic acids is 1. The summed E-state index contributed by atoms with van der Waals surface area (Å²) in [6.45, 7) is 2.43. The summed E-state index contributed by atoms with van der Waals surface area (Å²) < 4.78 is 18.2. The molecule has 1 rings (SSSR count). The van der Waals surface area contributed by atoms with Gasteiger partial charge in [-0.3, -0.25) is 9.78 Å². The molecule has 0 aliphatic heterocycles. The molecule has 4 heteroatoms. The van der Waals surface area contributed by atoms with Gasteiger partial charge in [0, 0.05) is 11.8 Å². The minimum absolute atomic E-state index is 0.219. The van der Waals surface area contributed by atoms with Gasteiger partial charge in [-0.05, 0) is 19.9 Å². The van der Waals surface area contributed by atoms with Gasteiger partial charge in [-0.1, -0.05) is 0 Å². The topological polar surface area (TPSA) is 39.2 Å². The lowest BCUT2D eigenvalue weighted by atomic mass is 10.00. The molecule has 0 bridgehead atoms. The Morgan fingerprint density at radius 2 is 2.14 bits per heavy atom. The lowest BCUT2D eigenvalue weighted by molar-refractivity contribution is 0.0759. The van der Waals surface area contributed by atoms with Gasteiger partial charge in [0.25, 0.3) is 0 Å². The van der Waals surface area contributed by atoms with E-state index in [1.54, 1.807) is 0 Å². The summed E-state index contributed by atoms with van der Waals surface area (Å²) >= 11 is 0. The van der Waals surface area contributed by atoms with E-state index in [2.05, 4.69) is 4.98 Å². The zero-order valence-corrected chi connectivity index (χ0v) is 8.37. The van der Waals surface area contributed by atoms with Gasteiger partial charge in [0.2, 0.25) is 5.78 Å². The normalized spacial score (nSPS) is 11.1. The van der Waals surface area contributed by atoms with E-state index in [1.165, 1.54) is 39.4 Å². The molecule has 1 aromatic rings. The van der Waals surface area contributed by atoms with Crippen LogP contribution in [0.5, 0.6) is 5.75 Å². The zero-order valence-electron chi connectivity index (χ0n) is 8.37. The highest BCUT2D eigenvalue weighted by Gasteiger charge is 2.28. The maximum Gasteiger partial charge on any atom is 0.201 e. The van der Waals surface area contributed by atoms with Crippen molar-refractivity contribution in [3.63, 3.8) is 0 Å². The van der Waals surface area contributed by atoms with Crippen molar-refractivity contribution in [2.24, 2.45) is 0 Å². The van der Waals surface area contributed by atoms with E-state index in [4.69, 9.17) is 4.74 Å². The van der Waals surface area contributed by atoms with Gasteiger partial charge in [0.15, 0.2) is 5.67 Å². The number of carbonyl (C=O) groups is 1. The number of pyridine rings is 1. The molecule has 0 atom stereocenters. The minimum Gasteiger partial charge on any atom is -0.495 e. The van der Waals surface area contributed by atoms with Crippen molar-refractivity contribution >= 4 is 5.78 Å².